The molecule has 0 atom stereocenters. The first kappa shape index (κ1) is 12.7. The zero-order chi connectivity index (χ0) is 13.3. The molecule has 0 saturated carbocycles. The van der Waals surface area contributed by atoms with Crippen LogP contribution in [0.4, 0.5) is 0 Å². The highest BCUT2D eigenvalue weighted by Gasteiger charge is 2.22. The van der Waals surface area contributed by atoms with E-state index in [1.807, 2.05) is 4.98 Å². The molecule has 2 N–H and O–H groups in total. The minimum atomic E-state index is -1.37. The zero-order valence-corrected chi connectivity index (χ0v) is 10.2. The molecule has 1 fully saturated rings. The van der Waals surface area contributed by atoms with Gasteiger partial charge in [-0.15, -0.1) is 0 Å². The number of carboxylic acid groups (broad SMARTS) is 1. The quantitative estimate of drug-likeness (QED) is 0.741. The molecule has 1 aromatic rings. The van der Waals surface area contributed by atoms with E-state index in [0.717, 1.165) is 6.20 Å². The van der Waals surface area contributed by atoms with Gasteiger partial charge in [0.05, 0.1) is 0 Å². The molecule has 98 valence electrons. The van der Waals surface area contributed by atoms with E-state index in [4.69, 9.17) is 5.11 Å². The largest absolute Gasteiger partial charge is 0.477 e. The Morgan fingerprint density at radius 3 is 2.56 bits per heavy atom. The van der Waals surface area contributed by atoms with E-state index in [-0.39, 0.29) is 6.04 Å². The molecule has 0 aliphatic carbocycles. The second-order valence-electron chi connectivity index (χ2n) is 4.09. The number of hydrogen-bond acceptors (Lipinski definition) is 4. The number of nitrogens with one attached hydrogen (secondary N) is 1. The van der Waals surface area contributed by atoms with E-state index in [1.165, 1.54) is 4.57 Å². The minimum absolute atomic E-state index is 0.204. The van der Waals surface area contributed by atoms with Crippen LogP contribution in [0.5, 0.6) is 0 Å². The summed E-state index contributed by atoms with van der Waals surface area (Å²) in [7, 11) is -0.863. The fourth-order valence-electron chi connectivity index (χ4n) is 1.97. The monoisotopic (exact) mass is 272 g/mol. The van der Waals surface area contributed by atoms with Crippen molar-refractivity contribution >= 4 is 16.8 Å². The number of carbonyl (C=O) groups is 1. The Hall–Kier alpha value is -1.70. The molecule has 1 aliphatic heterocycles. The van der Waals surface area contributed by atoms with Gasteiger partial charge in [0.1, 0.15) is 5.56 Å². The average Bonchev–Trinajstić information content (AvgIpc) is 2.30. The highest BCUT2D eigenvalue weighted by molar-refractivity contribution is 7.85. The highest BCUT2D eigenvalue weighted by Crippen LogP contribution is 2.20. The van der Waals surface area contributed by atoms with E-state index < -0.39 is 33.6 Å². The van der Waals surface area contributed by atoms with Crippen molar-refractivity contribution in [3.05, 3.63) is 32.6 Å². The van der Waals surface area contributed by atoms with Crippen LogP contribution in [0.15, 0.2) is 15.8 Å². The number of rotatable bonds is 2. The van der Waals surface area contributed by atoms with Crippen molar-refractivity contribution < 1.29 is 14.1 Å². The Balaban J connectivity index is 2.42. The van der Waals surface area contributed by atoms with Gasteiger partial charge in [0.2, 0.25) is 0 Å². The van der Waals surface area contributed by atoms with E-state index in [0.29, 0.717) is 24.3 Å². The van der Waals surface area contributed by atoms with Crippen LogP contribution in [0.2, 0.25) is 0 Å². The van der Waals surface area contributed by atoms with Gasteiger partial charge >= 0.3 is 11.7 Å². The molecular formula is C10H12N2O5S. The molecule has 7 nitrogen and oxygen atoms in total. The fraction of sp³-hybridized carbons (Fsp3) is 0.500. The molecule has 1 saturated heterocycles. The number of nitrogens with zero attached hydrogens (tertiary/aromatic N) is 1. The molecule has 0 radical (unpaired) electrons. The Morgan fingerprint density at radius 2 is 2.00 bits per heavy atom. The SMILES string of the molecule is O=C(O)c1cn(C2CCS(=O)CC2)c(=O)[nH]c1=O. The van der Waals surface area contributed by atoms with Crippen LogP contribution in [0.3, 0.4) is 0 Å². The number of H-pyrrole nitrogens is 1. The second-order valence-corrected chi connectivity index (χ2v) is 5.79. The van der Waals surface area contributed by atoms with Gasteiger partial charge in [0.15, 0.2) is 0 Å². The van der Waals surface area contributed by atoms with Crippen molar-refractivity contribution in [1.29, 1.82) is 0 Å². The van der Waals surface area contributed by atoms with Crippen molar-refractivity contribution in [2.75, 3.05) is 11.5 Å². The Bertz CT molecular complexity index is 607. The Kier molecular flexibility index (Phi) is 3.46. The van der Waals surface area contributed by atoms with Gasteiger partial charge < -0.3 is 5.11 Å². The van der Waals surface area contributed by atoms with Crippen molar-refractivity contribution in [3.63, 3.8) is 0 Å². The van der Waals surface area contributed by atoms with Crippen LogP contribution >= 0.6 is 0 Å². The minimum Gasteiger partial charge on any atom is -0.477 e. The highest BCUT2D eigenvalue weighted by atomic mass is 32.2. The lowest BCUT2D eigenvalue weighted by Gasteiger charge is -2.23. The molecular weight excluding hydrogens is 260 g/mol. The summed E-state index contributed by atoms with van der Waals surface area (Å²) in [6, 6.07) is -0.204. The maximum absolute atomic E-state index is 11.6. The topological polar surface area (TPSA) is 109 Å². The van der Waals surface area contributed by atoms with Crippen LogP contribution in [0, 0.1) is 0 Å². The van der Waals surface area contributed by atoms with E-state index in [9.17, 15) is 18.6 Å². The van der Waals surface area contributed by atoms with Gasteiger partial charge in [0, 0.05) is 34.5 Å². The predicted molar refractivity (Wildman–Crippen MR) is 64.4 cm³/mol. The summed E-state index contributed by atoms with van der Waals surface area (Å²) in [5.41, 5.74) is -1.98. The molecule has 1 aromatic heterocycles. The molecule has 2 rings (SSSR count). The maximum Gasteiger partial charge on any atom is 0.342 e. The van der Waals surface area contributed by atoms with Crippen molar-refractivity contribution in [3.8, 4) is 0 Å². The molecule has 18 heavy (non-hydrogen) atoms. The van der Waals surface area contributed by atoms with Gasteiger partial charge in [-0.2, -0.15) is 0 Å². The number of aromatic carboxylic acids is 1. The third-order valence-corrected chi connectivity index (χ3v) is 4.33. The van der Waals surface area contributed by atoms with Crippen LogP contribution in [-0.2, 0) is 10.8 Å². The lowest BCUT2D eigenvalue weighted by Crippen LogP contribution is -2.37. The lowest BCUT2D eigenvalue weighted by atomic mass is 10.1. The summed E-state index contributed by atoms with van der Waals surface area (Å²) in [5.74, 6) is -0.401. The first-order valence-corrected chi connectivity index (χ1v) is 6.91. The molecule has 0 aromatic carbocycles. The van der Waals surface area contributed by atoms with Crippen molar-refractivity contribution in [2.24, 2.45) is 0 Å². The number of aromatic amines is 1. The molecule has 2 heterocycles. The predicted octanol–water partition coefficient (Wildman–Crippen LogP) is -0.682. The fourth-order valence-corrected chi connectivity index (χ4v) is 3.24. The second kappa shape index (κ2) is 4.89. The van der Waals surface area contributed by atoms with Crippen LogP contribution in [0.25, 0.3) is 0 Å². The third-order valence-electron chi connectivity index (χ3n) is 2.95. The summed E-state index contributed by atoms with van der Waals surface area (Å²) in [6.07, 6.45) is 2.15. The van der Waals surface area contributed by atoms with Gasteiger partial charge in [-0.05, 0) is 12.8 Å². The Morgan fingerprint density at radius 1 is 1.39 bits per heavy atom. The van der Waals surface area contributed by atoms with Gasteiger partial charge in [-0.1, -0.05) is 0 Å². The summed E-state index contributed by atoms with van der Waals surface area (Å²) < 4.78 is 12.4. The van der Waals surface area contributed by atoms with E-state index >= 15 is 0 Å². The van der Waals surface area contributed by atoms with E-state index in [2.05, 4.69) is 0 Å². The Labute approximate surface area is 104 Å². The normalized spacial score (nSPS) is 23.8. The number of carboxylic acids is 1. The summed E-state index contributed by atoms with van der Waals surface area (Å²) in [5, 5.41) is 8.84. The lowest BCUT2D eigenvalue weighted by molar-refractivity contribution is 0.0693. The van der Waals surface area contributed by atoms with Crippen molar-refractivity contribution in [2.45, 2.75) is 18.9 Å². The van der Waals surface area contributed by atoms with Crippen LogP contribution < -0.4 is 11.2 Å². The first-order chi connectivity index (χ1) is 8.49. The molecule has 1 aliphatic rings. The maximum atomic E-state index is 11.6. The number of aromatic nitrogens is 2. The number of hydrogen-bond donors (Lipinski definition) is 2. The summed E-state index contributed by atoms with van der Waals surface area (Å²) in [6.45, 7) is 0. The molecule has 0 unspecified atom stereocenters. The van der Waals surface area contributed by atoms with Gasteiger partial charge in [-0.3, -0.25) is 18.6 Å². The van der Waals surface area contributed by atoms with Crippen LogP contribution in [-0.4, -0.2) is 36.3 Å². The molecule has 0 bridgehead atoms. The first-order valence-electron chi connectivity index (χ1n) is 5.43. The third kappa shape index (κ3) is 2.42. The smallest absolute Gasteiger partial charge is 0.342 e. The molecule has 8 heteroatoms. The van der Waals surface area contributed by atoms with Crippen molar-refractivity contribution in [1.82, 2.24) is 9.55 Å². The average molecular weight is 272 g/mol. The standard InChI is InChI=1S/C10H12N2O5S/c13-8-7(9(14)15)5-12(10(16)11-8)6-1-3-18(17)4-2-6/h5-6H,1-4H2,(H,14,15)(H,11,13,16). The van der Waals surface area contributed by atoms with E-state index in [1.54, 1.807) is 0 Å². The van der Waals surface area contributed by atoms with Gasteiger partial charge in [0.25, 0.3) is 5.56 Å². The summed E-state index contributed by atoms with van der Waals surface area (Å²) in [4.78, 5) is 35.7. The van der Waals surface area contributed by atoms with Crippen LogP contribution in [0.1, 0.15) is 29.2 Å². The summed E-state index contributed by atoms with van der Waals surface area (Å²) >= 11 is 0. The van der Waals surface area contributed by atoms with Gasteiger partial charge in [-0.25, -0.2) is 9.59 Å². The zero-order valence-electron chi connectivity index (χ0n) is 9.42. The molecule has 0 spiro atoms. The molecule has 0 amide bonds.